The monoisotopic (exact) mass is 500 g/mol. The molecule has 2 aromatic carbocycles. The fourth-order valence-electron chi connectivity index (χ4n) is 4.22. The minimum atomic E-state index is 0.0106. The molecule has 0 radical (unpaired) electrons. The van der Waals surface area contributed by atoms with Gasteiger partial charge in [-0.2, -0.15) is 0 Å². The van der Waals surface area contributed by atoms with E-state index in [0.717, 1.165) is 25.9 Å². The maximum absolute atomic E-state index is 5.74. The highest BCUT2D eigenvalue weighted by molar-refractivity contribution is 7.80. The number of hydrogen-bond acceptors (Lipinski definition) is 6. The van der Waals surface area contributed by atoms with E-state index in [0.29, 0.717) is 10.3 Å². The van der Waals surface area contributed by atoms with Crippen molar-refractivity contribution in [3.05, 3.63) is 71.8 Å². The third-order valence-corrected chi connectivity index (χ3v) is 6.36. The first-order chi connectivity index (χ1) is 16.4. The molecule has 0 amide bonds. The largest absolute Gasteiger partial charge is 0.460 e. The molecule has 0 bridgehead atoms. The summed E-state index contributed by atoms with van der Waals surface area (Å²) in [6.45, 7) is 10.6. The molecule has 0 aromatic heterocycles. The summed E-state index contributed by atoms with van der Waals surface area (Å²) in [4.78, 5) is 0. The van der Waals surface area contributed by atoms with Crippen LogP contribution in [0.3, 0.4) is 0 Å². The fraction of sp³-hybridized carbons (Fsp3) is 0.462. The zero-order chi connectivity index (χ0) is 24.5. The second-order valence-corrected chi connectivity index (χ2v) is 9.31. The first-order valence-corrected chi connectivity index (χ1v) is 12.8. The molecule has 0 aliphatic carbocycles. The number of thiocarbonyl (C=S) groups is 2. The summed E-state index contributed by atoms with van der Waals surface area (Å²) < 4.78 is 11.5. The number of nitrogens with zero attached hydrogens (tertiary/aromatic N) is 2. The molecular weight excluding hydrogens is 464 g/mol. The predicted molar refractivity (Wildman–Crippen MR) is 145 cm³/mol. The first kappa shape index (κ1) is 26.3. The van der Waals surface area contributed by atoms with Gasteiger partial charge in [-0.25, -0.2) is 10.0 Å². The van der Waals surface area contributed by atoms with Gasteiger partial charge in [-0.15, -0.1) is 0 Å². The molecule has 0 spiro atoms. The van der Waals surface area contributed by atoms with Gasteiger partial charge in [0.15, 0.2) is 0 Å². The van der Waals surface area contributed by atoms with Crippen LogP contribution in [0.4, 0.5) is 0 Å². The summed E-state index contributed by atoms with van der Waals surface area (Å²) in [6, 6.07) is 21.0. The van der Waals surface area contributed by atoms with Crippen molar-refractivity contribution >= 4 is 34.8 Å². The van der Waals surface area contributed by atoms with E-state index >= 15 is 0 Å². The predicted octanol–water partition coefficient (Wildman–Crippen LogP) is 5.30. The van der Waals surface area contributed by atoms with E-state index in [2.05, 4.69) is 72.8 Å². The molecule has 2 aliphatic heterocycles. The molecule has 4 atom stereocenters. The Hall–Kier alpha value is -2.26. The number of hydrazine groups is 2. The summed E-state index contributed by atoms with van der Waals surface area (Å²) in [7, 11) is 0. The van der Waals surface area contributed by atoms with Crippen molar-refractivity contribution in [1.29, 1.82) is 0 Å². The van der Waals surface area contributed by atoms with Gasteiger partial charge in [0.25, 0.3) is 10.3 Å². The van der Waals surface area contributed by atoms with Crippen LogP contribution in [0.2, 0.25) is 0 Å². The average Bonchev–Trinajstić information content (AvgIpc) is 2.85. The summed E-state index contributed by atoms with van der Waals surface area (Å²) in [5.41, 5.74) is 8.56. The molecule has 0 saturated carbocycles. The van der Waals surface area contributed by atoms with Crippen LogP contribution in [0.15, 0.2) is 60.7 Å². The zero-order valence-electron chi connectivity index (χ0n) is 20.4. The van der Waals surface area contributed by atoms with E-state index in [9.17, 15) is 0 Å². The highest BCUT2D eigenvalue weighted by Gasteiger charge is 2.33. The lowest BCUT2D eigenvalue weighted by atomic mass is 10.0. The second-order valence-electron chi connectivity index (χ2n) is 8.56. The minimum absolute atomic E-state index is 0.0106. The number of ether oxygens (including phenoxy) is 2. The third-order valence-electron chi connectivity index (χ3n) is 5.98. The van der Waals surface area contributed by atoms with Crippen molar-refractivity contribution in [2.75, 3.05) is 13.1 Å². The normalized spacial score (nSPS) is 25.2. The number of hydrogen-bond donors (Lipinski definition) is 2. The van der Waals surface area contributed by atoms with E-state index in [1.807, 2.05) is 36.4 Å². The molecule has 0 unspecified atom stereocenters. The molecule has 8 heteroatoms. The van der Waals surface area contributed by atoms with Crippen molar-refractivity contribution in [2.45, 2.75) is 64.8 Å². The molecule has 34 heavy (non-hydrogen) atoms. The van der Waals surface area contributed by atoms with Crippen molar-refractivity contribution in [3.63, 3.8) is 0 Å². The summed E-state index contributed by atoms with van der Waals surface area (Å²) in [6.07, 6.45) is 2.19. The smallest absolute Gasteiger partial charge is 0.272 e. The fourth-order valence-corrected chi connectivity index (χ4v) is 4.67. The zero-order valence-corrected chi connectivity index (χ0v) is 22.1. The highest BCUT2D eigenvalue weighted by Crippen LogP contribution is 2.28. The lowest BCUT2D eigenvalue weighted by Crippen LogP contribution is -2.55. The Morgan fingerprint density at radius 1 is 0.676 bits per heavy atom. The van der Waals surface area contributed by atoms with Crippen molar-refractivity contribution in [3.8, 4) is 0 Å². The molecule has 4 rings (SSSR count). The van der Waals surface area contributed by atoms with E-state index in [1.165, 1.54) is 11.1 Å². The molecule has 2 N–H and O–H groups in total. The Morgan fingerprint density at radius 3 is 1.35 bits per heavy atom. The van der Waals surface area contributed by atoms with Gasteiger partial charge in [-0.05, 0) is 62.3 Å². The standard InChI is InChI=1S/2C13H18N2OS/c2*1-3-9-15-10(2)12(16-13(17)14-15)11-7-5-4-6-8-11/h2*4-8,10,12H,3,9H2,1-2H3,(H,14,17)/t2*10-,12-/m00/s1. The van der Waals surface area contributed by atoms with Crippen LogP contribution in [-0.2, 0) is 9.47 Å². The van der Waals surface area contributed by atoms with Crippen molar-refractivity contribution < 1.29 is 9.47 Å². The molecule has 2 aliphatic rings. The number of nitrogens with one attached hydrogen (secondary N) is 2. The van der Waals surface area contributed by atoms with Crippen molar-refractivity contribution in [2.24, 2.45) is 0 Å². The molecule has 2 fully saturated rings. The first-order valence-electron chi connectivity index (χ1n) is 12.0. The van der Waals surface area contributed by atoms with Crippen molar-refractivity contribution in [1.82, 2.24) is 20.9 Å². The summed E-state index contributed by atoms with van der Waals surface area (Å²) in [5, 5.41) is 5.24. The third kappa shape index (κ3) is 6.88. The van der Waals surface area contributed by atoms with Gasteiger partial charge in [-0.3, -0.25) is 10.9 Å². The van der Waals surface area contributed by atoms with E-state index in [1.54, 1.807) is 0 Å². The molecule has 2 heterocycles. The lowest BCUT2D eigenvalue weighted by Gasteiger charge is -2.40. The SMILES string of the molecule is CCCN1NC(=S)O[C@H](c2ccccc2)[C@@H]1C.CCCN1NC(=S)O[C@H](c2ccccc2)[C@@H]1C. The Kier molecular flexibility index (Phi) is 10.1. The number of rotatable bonds is 6. The van der Waals surface area contributed by atoms with E-state index in [-0.39, 0.29) is 24.3 Å². The maximum Gasteiger partial charge on any atom is 0.272 e. The minimum Gasteiger partial charge on any atom is -0.460 e. The van der Waals surface area contributed by atoms with Crippen LogP contribution >= 0.6 is 24.4 Å². The number of benzene rings is 2. The molecule has 184 valence electrons. The molecular formula is C26H36N4O2S2. The Balaban J connectivity index is 0.000000191. The van der Waals surface area contributed by atoms with Crippen LogP contribution in [0.1, 0.15) is 63.9 Å². The van der Waals surface area contributed by atoms with Crippen LogP contribution in [0.5, 0.6) is 0 Å². The Bertz CT molecular complexity index is 840. The highest BCUT2D eigenvalue weighted by atomic mass is 32.1. The Labute approximate surface area is 214 Å². The summed E-state index contributed by atoms with van der Waals surface area (Å²) >= 11 is 10.3. The van der Waals surface area contributed by atoms with Crippen LogP contribution in [0.25, 0.3) is 0 Å². The van der Waals surface area contributed by atoms with Crippen LogP contribution in [0, 0.1) is 0 Å². The van der Waals surface area contributed by atoms with E-state index < -0.39 is 0 Å². The molecule has 2 saturated heterocycles. The van der Waals surface area contributed by atoms with Gasteiger partial charge < -0.3 is 9.47 Å². The molecule has 2 aromatic rings. The lowest BCUT2D eigenvalue weighted by molar-refractivity contribution is 0.00152. The van der Waals surface area contributed by atoms with E-state index in [4.69, 9.17) is 33.9 Å². The topological polar surface area (TPSA) is 49.0 Å². The Morgan fingerprint density at radius 2 is 1.03 bits per heavy atom. The van der Waals surface area contributed by atoms with Crippen LogP contribution < -0.4 is 10.9 Å². The van der Waals surface area contributed by atoms with Gasteiger partial charge in [-0.1, -0.05) is 74.5 Å². The van der Waals surface area contributed by atoms with Gasteiger partial charge in [0.2, 0.25) is 0 Å². The molecule has 6 nitrogen and oxygen atoms in total. The van der Waals surface area contributed by atoms with Crippen LogP contribution in [-0.4, -0.2) is 45.5 Å². The second kappa shape index (κ2) is 13.0. The van der Waals surface area contributed by atoms with Gasteiger partial charge >= 0.3 is 0 Å². The van der Waals surface area contributed by atoms with Gasteiger partial charge in [0.05, 0.1) is 12.1 Å². The maximum atomic E-state index is 5.74. The average molecular weight is 501 g/mol. The summed E-state index contributed by atoms with van der Waals surface area (Å²) in [5.74, 6) is 0. The van der Waals surface area contributed by atoms with Gasteiger partial charge in [0.1, 0.15) is 12.2 Å². The van der Waals surface area contributed by atoms with Gasteiger partial charge in [0, 0.05) is 13.1 Å². The quantitative estimate of drug-likeness (QED) is 0.519.